The Morgan fingerprint density at radius 2 is 2.37 bits per heavy atom. The number of aromatic nitrogens is 2. The van der Waals surface area contributed by atoms with Gasteiger partial charge in [-0.25, -0.2) is 4.98 Å². The Balaban J connectivity index is 1.92. The van der Waals surface area contributed by atoms with E-state index in [0.717, 1.165) is 21.5 Å². The third kappa shape index (κ3) is 2.30. The number of aromatic amines is 1. The topological polar surface area (TPSA) is 83.8 Å². The predicted molar refractivity (Wildman–Crippen MR) is 76.3 cm³/mol. The molecule has 2 heterocycles. The molecule has 0 aliphatic rings. The first kappa shape index (κ1) is 11.7. The first-order chi connectivity index (χ1) is 9.24. The van der Waals surface area contributed by atoms with Crippen molar-refractivity contribution < 1.29 is 4.79 Å². The number of nitrogens with two attached hydrogens (primary N) is 1. The van der Waals surface area contributed by atoms with Crippen molar-refractivity contribution in [2.24, 2.45) is 5.73 Å². The molecule has 0 aliphatic carbocycles. The van der Waals surface area contributed by atoms with Crippen LogP contribution in [-0.4, -0.2) is 15.9 Å². The van der Waals surface area contributed by atoms with E-state index in [4.69, 9.17) is 5.73 Å². The first-order valence-corrected chi connectivity index (χ1v) is 6.59. The summed E-state index contributed by atoms with van der Waals surface area (Å²) in [6, 6.07) is 7.75. The summed E-state index contributed by atoms with van der Waals surface area (Å²) in [4.78, 5) is 18.8. The Labute approximate surface area is 113 Å². The lowest BCUT2D eigenvalue weighted by molar-refractivity contribution is 0.100. The number of benzene rings is 1. The smallest absolute Gasteiger partial charge is 0.258 e. The molecule has 0 atom stereocenters. The van der Waals surface area contributed by atoms with Crippen molar-refractivity contribution in [1.82, 2.24) is 9.97 Å². The van der Waals surface area contributed by atoms with Crippen LogP contribution in [0, 0.1) is 0 Å². The average Bonchev–Trinajstić information content (AvgIpc) is 3.05. The molecule has 0 radical (unpaired) electrons. The quantitative estimate of drug-likeness (QED) is 0.681. The van der Waals surface area contributed by atoms with Gasteiger partial charge >= 0.3 is 0 Å². The van der Waals surface area contributed by atoms with Gasteiger partial charge in [0.15, 0.2) is 0 Å². The minimum atomic E-state index is -0.388. The van der Waals surface area contributed by atoms with Gasteiger partial charge in [-0.05, 0) is 18.2 Å². The first-order valence-electron chi connectivity index (χ1n) is 5.77. The fourth-order valence-electron chi connectivity index (χ4n) is 1.91. The molecule has 5 nitrogen and oxygen atoms in total. The van der Waals surface area contributed by atoms with Crippen LogP contribution in [0.1, 0.15) is 15.4 Å². The number of nitrogens with zero attached hydrogens (tertiary/aromatic N) is 1. The number of anilines is 1. The minimum Gasteiger partial charge on any atom is -0.379 e. The number of amides is 1. The van der Waals surface area contributed by atoms with Crippen LogP contribution in [0.25, 0.3) is 10.1 Å². The Bertz CT molecular complexity index is 717. The third-order valence-corrected chi connectivity index (χ3v) is 3.94. The van der Waals surface area contributed by atoms with Gasteiger partial charge in [0, 0.05) is 22.0 Å². The molecule has 1 amide bonds. The van der Waals surface area contributed by atoms with Crippen LogP contribution in [0.15, 0.2) is 36.8 Å². The molecular formula is C13H12N4OS. The number of primary amides is 1. The van der Waals surface area contributed by atoms with Gasteiger partial charge in [0.2, 0.25) is 0 Å². The van der Waals surface area contributed by atoms with Crippen molar-refractivity contribution in [3.63, 3.8) is 0 Å². The molecule has 3 rings (SSSR count). The largest absolute Gasteiger partial charge is 0.379 e. The molecule has 0 saturated carbocycles. The van der Waals surface area contributed by atoms with E-state index < -0.39 is 0 Å². The van der Waals surface area contributed by atoms with Gasteiger partial charge in [0.25, 0.3) is 5.91 Å². The number of carbonyl (C=O) groups is 1. The molecule has 1 aromatic carbocycles. The van der Waals surface area contributed by atoms with E-state index in [-0.39, 0.29) is 5.91 Å². The van der Waals surface area contributed by atoms with E-state index in [0.29, 0.717) is 11.4 Å². The fourth-order valence-corrected chi connectivity index (χ4v) is 2.85. The number of thiophene rings is 1. The summed E-state index contributed by atoms with van der Waals surface area (Å²) in [6.45, 7) is 0.654. The lowest BCUT2D eigenvalue weighted by Gasteiger charge is -2.05. The van der Waals surface area contributed by atoms with Gasteiger partial charge in [0.05, 0.1) is 23.4 Å². The molecule has 0 bridgehead atoms. The number of H-pyrrole nitrogens is 1. The Morgan fingerprint density at radius 1 is 1.47 bits per heavy atom. The number of carbonyl (C=O) groups excluding carboxylic acids is 1. The van der Waals surface area contributed by atoms with Crippen LogP contribution in [-0.2, 0) is 6.54 Å². The molecule has 0 fully saturated rings. The molecule has 96 valence electrons. The summed E-state index contributed by atoms with van der Waals surface area (Å²) in [7, 11) is 0. The van der Waals surface area contributed by atoms with Crippen molar-refractivity contribution in [3.05, 3.63) is 47.4 Å². The van der Waals surface area contributed by atoms with Crippen LogP contribution in [0.2, 0.25) is 0 Å². The van der Waals surface area contributed by atoms with Crippen molar-refractivity contribution in [3.8, 4) is 0 Å². The third-order valence-electron chi connectivity index (χ3n) is 2.83. The second-order valence-corrected chi connectivity index (χ2v) is 5.21. The molecule has 0 saturated heterocycles. The highest BCUT2D eigenvalue weighted by Crippen LogP contribution is 2.31. The van der Waals surface area contributed by atoms with Gasteiger partial charge in [0.1, 0.15) is 0 Å². The van der Waals surface area contributed by atoms with E-state index >= 15 is 0 Å². The van der Waals surface area contributed by atoms with Gasteiger partial charge < -0.3 is 16.0 Å². The number of hydrogen-bond acceptors (Lipinski definition) is 4. The molecule has 19 heavy (non-hydrogen) atoms. The zero-order chi connectivity index (χ0) is 13.2. The van der Waals surface area contributed by atoms with Gasteiger partial charge in [-0.15, -0.1) is 11.3 Å². The number of rotatable bonds is 4. The van der Waals surface area contributed by atoms with Crippen molar-refractivity contribution in [1.29, 1.82) is 0 Å². The number of imidazole rings is 1. The van der Waals surface area contributed by atoms with Crippen LogP contribution in [0.5, 0.6) is 0 Å². The van der Waals surface area contributed by atoms with Crippen LogP contribution in [0.3, 0.4) is 0 Å². The van der Waals surface area contributed by atoms with E-state index in [2.05, 4.69) is 15.3 Å². The predicted octanol–water partition coefficient (Wildman–Crippen LogP) is 2.34. The lowest BCUT2D eigenvalue weighted by atomic mass is 10.2. The minimum absolute atomic E-state index is 0.388. The molecule has 2 aromatic heterocycles. The van der Waals surface area contributed by atoms with Crippen molar-refractivity contribution in [2.45, 2.75) is 6.54 Å². The van der Waals surface area contributed by atoms with Gasteiger partial charge in [-0.2, -0.15) is 0 Å². The highest BCUT2D eigenvalue weighted by molar-refractivity contribution is 7.20. The van der Waals surface area contributed by atoms with E-state index in [1.54, 1.807) is 12.5 Å². The zero-order valence-corrected chi connectivity index (χ0v) is 10.8. The number of hydrogen-bond donors (Lipinski definition) is 3. The van der Waals surface area contributed by atoms with E-state index in [9.17, 15) is 4.79 Å². The maximum absolute atomic E-state index is 11.2. The van der Waals surface area contributed by atoms with E-state index in [1.807, 2.05) is 24.3 Å². The summed E-state index contributed by atoms with van der Waals surface area (Å²) in [5.74, 6) is -0.388. The second-order valence-electron chi connectivity index (χ2n) is 4.12. The molecular weight excluding hydrogens is 260 g/mol. The van der Waals surface area contributed by atoms with Crippen molar-refractivity contribution in [2.75, 3.05) is 5.32 Å². The maximum Gasteiger partial charge on any atom is 0.258 e. The molecule has 4 N–H and O–H groups in total. The molecule has 0 aliphatic heterocycles. The van der Waals surface area contributed by atoms with Crippen LogP contribution >= 0.6 is 11.3 Å². The zero-order valence-electron chi connectivity index (χ0n) is 10.0. The number of fused-ring (bicyclic) bond motifs is 1. The summed E-state index contributed by atoms with van der Waals surface area (Å²) >= 11 is 1.41. The monoisotopic (exact) mass is 272 g/mol. The molecule has 0 unspecified atom stereocenters. The standard InChI is InChI=1S/C13H12N4OS/c14-13(18)12-4-9-10(2-1-3-11(9)19-12)16-6-8-5-15-7-17-8/h1-5,7,16H,6H2,(H2,14,18)(H,15,17). The van der Waals surface area contributed by atoms with Gasteiger partial charge in [-0.1, -0.05) is 6.07 Å². The maximum atomic E-state index is 11.2. The number of nitrogens with one attached hydrogen (secondary N) is 2. The average molecular weight is 272 g/mol. The fraction of sp³-hybridized carbons (Fsp3) is 0.0769. The van der Waals surface area contributed by atoms with Gasteiger partial charge in [-0.3, -0.25) is 4.79 Å². The molecule has 0 spiro atoms. The Hall–Kier alpha value is -2.34. The SMILES string of the molecule is NC(=O)c1cc2c(NCc3cnc[nH]3)cccc2s1. The summed E-state index contributed by atoms with van der Waals surface area (Å²) in [6.07, 6.45) is 3.42. The second kappa shape index (κ2) is 4.74. The van der Waals surface area contributed by atoms with E-state index in [1.165, 1.54) is 11.3 Å². The highest BCUT2D eigenvalue weighted by atomic mass is 32.1. The summed E-state index contributed by atoms with van der Waals surface area (Å²) < 4.78 is 1.04. The summed E-state index contributed by atoms with van der Waals surface area (Å²) in [5, 5.41) is 4.34. The molecule has 3 aromatic rings. The summed E-state index contributed by atoms with van der Waals surface area (Å²) in [5.41, 5.74) is 7.30. The Kier molecular flexibility index (Phi) is 2.92. The normalized spacial score (nSPS) is 10.7. The van der Waals surface area contributed by atoms with Crippen molar-refractivity contribution >= 4 is 33.0 Å². The Morgan fingerprint density at radius 3 is 3.11 bits per heavy atom. The molecule has 6 heteroatoms. The lowest BCUT2D eigenvalue weighted by Crippen LogP contribution is -2.08. The highest BCUT2D eigenvalue weighted by Gasteiger charge is 2.09. The van der Waals surface area contributed by atoms with Crippen LogP contribution in [0.4, 0.5) is 5.69 Å². The van der Waals surface area contributed by atoms with Crippen LogP contribution < -0.4 is 11.1 Å².